The van der Waals surface area contributed by atoms with Crippen LogP contribution in [0.1, 0.15) is 18.7 Å². The zero-order valence-electron chi connectivity index (χ0n) is 9.40. The molecule has 1 atom stereocenters. The number of benzene rings is 1. The highest BCUT2D eigenvalue weighted by molar-refractivity contribution is 5.58. The molecule has 2 aromatic rings. The maximum Gasteiger partial charge on any atom is 0.134 e. The van der Waals surface area contributed by atoms with Crippen molar-refractivity contribution in [3.8, 4) is 17.1 Å². The lowest BCUT2D eigenvalue weighted by Crippen LogP contribution is -2.10. The lowest BCUT2D eigenvalue weighted by atomic mass is 10.2. The molecule has 0 radical (unpaired) electrons. The van der Waals surface area contributed by atoms with E-state index in [1.54, 1.807) is 12.1 Å². The fourth-order valence-electron chi connectivity index (χ4n) is 1.51. The Morgan fingerprint density at radius 2 is 1.81 bits per heavy atom. The monoisotopic (exact) mass is 217 g/mol. The van der Waals surface area contributed by atoms with Gasteiger partial charge in [-0.15, -0.1) is 0 Å². The number of phenolic OH excluding ortho intramolecular Hbond substituents is 1. The average Bonchev–Trinajstić information content (AvgIpc) is 2.78. The molecule has 84 valence electrons. The van der Waals surface area contributed by atoms with E-state index in [1.165, 1.54) is 0 Å². The Hall–Kier alpha value is -1.74. The molecule has 1 unspecified atom stereocenters. The van der Waals surface area contributed by atoms with Gasteiger partial charge in [-0.05, 0) is 50.4 Å². The van der Waals surface area contributed by atoms with Crippen LogP contribution in [0.15, 0.2) is 40.8 Å². The highest BCUT2D eigenvalue weighted by Gasteiger charge is 2.09. The predicted octanol–water partition coefficient (Wildman–Crippen LogP) is 2.93. The fourth-order valence-corrected chi connectivity index (χ4v) is 1.51. The van der Waals surface area contributed by atoms with Gasteiger partial charge in [0.05, 0.1) is 6.04 Å². The van der Waals surface area contributed by atoms with Gasteiger partial charge in [0.25, 0.3) is 0 Å². The Kier molecular flexibility index (Phi) is 2.97. The van der Waals surface area contributed by atoms with E-state index in [0.717, 1.165) is 17.1 Å². The molecule has 16 heavy (non-hydrogen) atoms. The van der Waals surface area contributed by atoms with Gasteiger partial charge >= 0.3 is 0 Å². The molecule has 0 saturated carbocycles. The second kappa shape index (κ2) is 4.41. The van der Waals surface area contributed by atoms with Crippen molar-refractivity contribution < 1.29 is 9.52 Å². The summed E-state index contributed by atoms with van der Waals surface area (Å²) in [4.78, 5) is 0. The summed E-state index contributed by atoms with van der Waals surface area (Å²) in [7, 11) is 1.90. The average molecular weight is 217 g/mol. The van der Waals surface area contributed by atoms with Crippen LogP contribution in [0.3, 0.4) is 0 Å². The Balaban J connectivity index is 2.28. The molecular formula is C13H15NO2. The number of rotatable bonds is 3. The third-order valence-electron chi connectivity index (χ3n) is 2.64. The summed E-state index contributed by atoms with van der Waals surface area (Å²) in [6, 6.07) is 11.1. The molecule has 1 heterocycles. The molecule has 0 fully saturated rings. The summed E-state index contributed by atoms with van der Waals surface area (Å²) in [6.07, 6.45) is 0. The van der Waals surface area contributed by atoms with Crippen LogP contribution in [-0.2, 0) is 0 Å². The molecule has 0 aliphatic heterocycles. The molecule has 0 spiro atoms. The summed E-state index contributed by atoms with van der Waals surface area (Å²) in [6.45, 7) is 2.04. The number of nitrogens with one attached hydrogen (secondary N) is 1. The Morgan fingerprint density at radius 3 is 2.44 bits per heavy atom. The lowest BCUT2D eigenvalue weighted by molar-refractivity contribution is 0.458. The predicted molar refractivity (Wildman–Crippen MR) is 63.3 cm³/mol. The van der Waals surface area contributed by atoms with Crippen molar-refractivity contribution in [3.05, 3.63) is 42.2 Å². The topological polar surface area (TPSA) is 45.4 Å². The number of phenols is 1. The standard InChI is InChI=1S/C13H15NO2/c1-9(14-2)12-7-8-13(16-12)10-3-5-11(15)6-4-10/h3-9,14-15H,1-2H3. The van der Waals surface area contributed by atoms with E-state index >= 15 is 0 Å². The minimum atomic E-state index is 0.200. The van der Waals surface area contributed by atoms with Crippen molar-refractivity contribution in [1.29, 1.82) is 0 Å². The molecule has 1 aromatic carbocycles. The Bertz CT molecular complexity index is 459. The third kappa shape index (κ3) is 2.09. The number of aromatic hydroxyl groups is 1. The summed E-state index contributed by atoms with van der Waals surface area (Å²) < 4.78 is 5.72. The molecular weight excluding hydrogens is 202 g/mol. The first-order chi connectivity index (χ1) is 7.70. The molecule has 0 saturated heterocycles. The van der Waals surface area contributed by atoms with Gasteiger partial charge < -0.3 is 14.8 Å². The summed E-state index contributed by atoms with van der Waals surface area (Å²) in [5, 5.41) is 12.3. The maximum atomic E-state index is 9.19. The molecule has 0 aliphatic rings. The van der Waals surface area contributed by atoms with Gasteiger partial charge in [0, 0.05) is 5.56 Å². The van der Waals surface area contributed by atoms with Crippen LogP contribution in [-0.4, -0.2) is 12.2 Å². The molecule has 0 amide bonds. The summed E-state index contributed by atoms with van der Waals surface area (Å²) in [5.74, 6) is 1.99. The van der Waals surface area contributed by atoms with E-state index in [0.29, 0.717) is 0 Å². The highest BCUT2D eigenvalue weighted by Crippen LogP contribution is 2.26. The van der Waals surface area contributed by atoms with Crippen molar-refractivity contribution in [2.24, 2.45) is 0 Å². The van der Waals surface area contributed by atoms with E-state index < -0.39 is 0 Å². The van der Waals surface area contributed by atoms with Crippen LogP contribution in [0.5, 0.6) is 5.75 Å². The molecule has 0 aliphatic carbocycles. The Morgan fingerprint density at radius 1 is 1.12 bits per heavy atom. The SMILES string of the molecule is CNC(C)c1ccc(-c2ccc(O)cc2)o1. The van der Waals surface area contributed by atoms with E-state index in [2.05, 4.69) is 5.32 Å². The van der Waals surface area contributed by atoms with Crippen molar-refractivity contribution in [1.82, 2.24) is 5.32 Å². The van der Waals surface area contributed by atoms with Gasteiger partial charge in [0.1, 0.15) is 17.3 Å². The zero-order chi connectivity index (χ0) is 11.5. The van der Waals surface area contributed by atoms with Gasteiger partial charge in [0.15, 0.2) is 0 Å². The smallest absolute Gasteiger partial charge is 0.134 e. The van der Waals surface area contributed by atoms with E-state index in [1.807, 2.05) is 38.2 Å². The van der Waals surface area contributed by atoms with Gasteiger partial charge in [-0.2, -0.15) is 0 Å². The largest absolute Gasteiger partial charge is 0.508 e. The number of hydrogen-bond acceptors (Lipinski definition) is 3. The van der Waals surface area contributed by atoms with Crippen LogP contribution in [0.2, 0.25) is 0 Å². The number of furan rings is 1. The van der Waals surface area contributed by atoms with Crippen LogP contribution in [0, 0.1) is 0 Å². The van der Waals surface area contributed by atoms with Crippen LogP contribution in [0.4, 0.5) is 0 Å². The highest BCUT2D eigenvalue weighted by atomic mass is 16.3. The minimum Gasteiger partial charge on any atom is -0.508 e. The fraction of sp³-hybridized carbons (Fsp3) is 0.231. The minimum absolute atomic E-state index is 0.200. The summed E-state index contributed by atoms with van der Waals surface area (Å²) >= 11 is 0. The normalized spacial score (nSPS) is 12.6. The molecule has 2 N–H and O–H groups in total. The van der Waals surface area contributed by atoms with E-state index in [9.17, 15) is 5.11 Å². The van der Waals surface area contributed by atoms with Crippen LogP contribution in [0.25, 0.3) is 11.3 Å². The van der Waals surface area contributed by atoms with Crippen LogP contribution >= 0.6 is 0 Å². The van der Waals surface area contributed by atoms with E-state index in [-0.39, 0.29) is 11.8 Å². The third-order valence-corrected chi connectivity index (χ3v) is 2.64. The first-order valence-electron chi connectivity index (χ1n) is 5.27. The van der Waals surface area contributed by atoms with Gasteiger partial charge in [-0.3, -0.25) is 0 Å². The first kappa shape index (κ1) is 10.8. The van der Waals surface area contributed by atoms with Gasteiger partial charge in [0.2, 0.25) is 0 Å². The van der Waals surface area contributed by atoms with Crippen molar-refractivity contribution in [2.45, 2.75) is 13.0 Å². The quantitative estimate of drug-likeness (QED) is 0.830. The second-order valence-corrected chi connectivity index (χ2v) is 3.76. The molecule has 3 nitrogen and oxygen atoms in total. The van der Waals surface area contributed by atoms with Gasteiger partial charge in [-0.1, -0.05) is 0 Å². The molecule has 1 aromatic heterocycles. The van der Waals surface area contributed by atoms with Gasteiger partial charge in [-0.25, -0.2) is 0 Å². The second-order valence-electron chi connectivity index (χ2n) is 3.76. The Labute approximate surface area is 94.7 Å². The zero-order valence-corrected chi connectivity index (χ0v) is 9.40. The van der Waals surface area contributed by atoms with Crippen molar-refractivity contribution >= 4 is 0 Å². The molecule has 2 rings (SSSR count). The van der Waals surface area contributed by atoms with Crippen LogP contribution < -0.4 is 5.32 Å². The molecule has 0 bridgehead atoms. The lowest BCUT2D eigenvalue weighted by Gasteiger charge is -2.05. The number of hydrogen-bond donors (Lipinski definition) is 2. The van der Waals surface area contributed by atoms with Crippen molar-refractivity contribution in [2.75, 3.05) is 7.05 Å². The first-order valence-corrected chi connectivity index (χ1v) is 5.27. The molecule has 3 heteroatoms. The maximum absolute atomic E-state index is 9.19. The summed E-state index contributed by atoms with van der Waals surface area (Å²) in [5.41, 5.74) is 0.965. The van der Waals surface area contributed by atoms with Crippen molar-refractivity contribution in [3.63, 3.8) is 0 Å². The van der Waals surface area contributed by atoms with E-state index in [4.69, 9.17) is 4.42 Å².